The van der Waals surface area contributed by atoms with Gasteiger partial charge in [0.25, 0.3) is 0 Å². The fourth-order valence-electron chi connectivity index (χ4n) is 23.0. The predicted octanol–water partition coefficient (Wildman–Crippen LogP) is 34.2. The lowest BCUT2D eigenvalue weighted by Crippen LogP contribution is -2.48. The van der Waals surface area contributed by atoms with Crippen LogP contribution in [0.15, 0.2) is 239 Å². The van der Waals surface area contributed by atoms with Gasteiger partial charge >= 0.3 is 0 Å². The molecule has 124 heavy (non-hydrogen) atoms. The van der Waals surface area contributed by atoms with Gasteiger partial charge in [0, 0.05) is 26.2 Å². The Kier molecular flexibility index (Phi) is 30.3. The Bertz CT molecular complexity index is 5090. The van der Waals surface area contributed by atoms with Crippen LogP contribution in [-0.4, -0.2) is 26.4 Å². The molecule has 648 valence electrons. The van der Waals surface area contributed by atoms with Gasteiger partial charge < -0.3 is 23.8 Å². The molecule has 11 aromatic rings. The molecule has 1 unspecified atom stereocenters. The van der Waals surface area contributed by atoms with Gasteiger partial charge in [0.15, 0.2) is 0 Å². The average Bonchev–Trinajstić information content (AvgIpc) is 0.981. The third-order valence-electron chi connectivity index (χ3n) is 29.0. The predicted molar refractivity (Wildman–Crippen MR) is 529 cm³/mol. The highest BCUT2D eigenvalue weighted by Gasteiger charge is 2.54. The van der Waals surface area contributed by atoms with Crippen LogP contribution in [0.25, 0.3) is 33.4 Å². The number of rotatable bonds is 42. The normalized spacial score (nSPS) is 18.0. The molecule has 7 heteroatoms. The summed E-state index contributed by atoms with van der Waals surface area (Å²) >= 11 is 7.61. The fraction of sp³-hybridized carbons (Fsp3) is 0.436. The molecular weight excluding hydrogens is 1640 g/mol. The van der Waals surface area contributed by atoms with Gasteiger partial charge in [0.2, 0.25) is 0 Å². The molecule has 5 nitrogen and oxygen atoms in total. The van der Waals surface area contributed by atoms with E-state index < -0.39 is 10.8 Å². The Morgan fingerprint density at radius 3 is 1.06 bits per heavy atom. The van der Waals surface area contributed by atoms with E-state index >= 15 is 0 Å². The maximum absolute atomic E-state index is 6.49. The lowest BCUT2D eigenvalue weighted by atomic mass is 9.48. The molecule has 0 saturated heterocycles. The van der Waals surface area contributed by atoms with Crippen molar-refractivity contribution in [3.63, 3.8) is 0 Å². The highest BCUT2D eigenvalue weighted by molar-refractivity contribution is 9.10. The van der Waals surface area contributed by atoms with Crippen LogP contribution in [0, 0.1) is 43.4 Å². The monoisotopic (exact) mass is 1780 g/mol. The van der Waals surface area contributed by atoms with Crippen LogP contribution >= 0.6 is 31.9 Å². The van der Waals surface area contributed by atoms with Crippen molar-refractivity contribution in [3.05, 3.63) is 312 Å². The molecule has 11 aromatic carbocycles. The van der Waals surface area contributed by atoms with Crippen molar-refractivity contribution in [1.82, 2.24) is 0 Å². The Balaban J connectivity index is 0.000000214. The number of hydrogen-bond acceptors (Lipinski definition) is 5. The third kappa shape index (κ3) is 19.4. The van der Waals surface area contributed by atoms with E-state index in [1.165, 1.54) is 296 Å². The van der Waals surface area contributed by atoms with Crippen molar-refractivity contribution < 1.29 is 18.9 Å². The minimum atomic E-state index is -0.573. The van der Waals surface area contributed by atoms with Crippen molar-refractivity contribution >= 4 is 48.9 Å². The van der Waals surface area contributed by atoms with Crippen molar-refractivity contribution in [1.29, 1.82) is 0 Å². The quantitative estimate of drug-likeness (QED) is 0.0357. The van der Waals surface area contributed by atoms with E-state index in [0.717, 1.165) is 114 Å². The molecule has 18 rings (SSSR count). The molecule has 1 heterocycles. The minimum absolute atomic E-state index is 0.351. The van der Waals surface area contributed by atoms with Gasteiger partial charge in [-0.2, -0.15) is 0 Å². The van der Waals surface area contributed by atoms with Crippen LogP contribution in [0.5, 0.6) is 23.0 Å². The second kappa shape index (κ2) is 42.3. The van der Waals surface area contributed by atoms with E-state index in [4.69, 9.17) is 18.9 Å². The standard InChI is InChI=1S/C76H89NO2.C41H48Br2O2/c1-6-9-12-14-16-18-41-78-64-33-27-61(28-34-64)76(62-29-35-65(36-30-62)79-42-19-17-15-13-10-7-2)70-44-53(5)21-37-66(70)67-38-25-58(51-71(67)76)57-26-40-73-69(50-57)75(74-59-46-55-45-56(48-59)49-60(74)47-55)68-43-52(4)22-39-72(68)77(73)63-31-23-54(24-32-63)20-11-8-3;1-3-5-7-9-11-13-27-44-35-21-15-31(16-22-35)41(32-17-23-36(24-18-32)45-28-14-12-10-8-6-4-2)39-29-33(42)19-25-37(39)38-26-20-34(43)30-40(38)41/h21-40,43-44,50-51,55-56,59-60,74-75H,6-20,41-42,45-49H2,1-5H3;15-26,29-30H,3-14,27-28H2,1-2H3. The van der Waals surface area contributed by atoms with E-state index in [-0.39, 0.29) is 0 Å². The zero-order valence-corrected chi connectivity index (χ0v) is 78.9. The number of fused-ring (bicyclic) bond motifs is 8. The van der Waals surface area contributed by atoms with E-state index in [0.29, 0.717) is 11.8 Å². The molecule has 0 aromatic heterocycles. The maximum Gasteiger partial charge on any atom is 0.119 e. The topological polar surface area (TPSA) is 40.2 Å². The van der Waals surface area contributed by atoms with Crippen LogP contribution in [0.4, 0.5) is 17.1 Å². The highest BCUT2D eigenvalue weighted by Crippen LogP contribution is 2.66. The molecule has 1 atom stereocenters. The summed E-state index contributed by atoms with van der Waals surface area (Å²) in [5, 5.41) is 0. The summed E-state index contributed by atoms with van der Waals surface area (Å²) in [5.41, 5.74) is 28.0. The largest absolute Gasteiger partial charge is 0.494 e. The molecule has 4 fully saturated rings. The zero-order chi connectivity index (χ0) is 85.4. The van der Waals surface area contributed by atoms with Gasteiger partial charge in [0.05, 0.1) is 42.9 Å². The van der Waals surface area contributed by atoms with Crippen LogP contribution in [0.3, 0.4) is 0 Å². The van der Waals surface area contributed by atoms with Crippen LogP contribution in [0.1, 0.15) is 312 Å². The van der Waals surface area contributed by atoms with Crippen molar-refractivity contribution in [2.24, 2.45) is 29.6 Å². The number of aryl methyl sites for hydroxylation is 3. The van der Waals surface area contributed by atoms with E-state index in [2.05, 4.69) is 316 Å². The average molecular weight is 1780 g/mol. The first-order valence-corrected chi connectivity index (χ1v) is 50.4. The Hall–Kier alpha value is -8.62. The molecule has 0 amide bonds. The zero-order valence-electron chi connectivity index (χ0n) is 75.7. The number of nitrogens with zero attached hydrogens (tertiary/aromatic N) is 1. The first-order chi connectivity index (χ1) is 60.9. The number of ether oxygens (including phenoxy) is 4. The van der Waals surface area contributed by atoms with Crippen LogP contribution < -0.4 is 23.8 Å². The smallest absolute Gasteiger partial charge is 0.119 e. The van der Waals surface area contributed by atoms with E-state index in [1.54, 1.807) is 0 Å². The van der Waals surface area contributed by atoms with E-state index in [9.17, 15) is 0 Å². The molecule has 4 bridgehead atoms. The molecule has 0 spiro atoms. The van der Waals surface area contributed by atoms with Crippen molar-refractivity contribution in [2.75, 3.05) is 31.3 Å². The third-order valence-corrected chi connectivity index (χ3v) is 30.0. The Morgan fingerprint density at radius 2 is 0.637 bits per heavy atom. The Morgan fingerprint density at radius 1 is 0.306 bits per heavy atom. The molecule has 1 aliphatic heterocycles. The van der Waals surface area contributed by atoms with Gasteiger partial charge in [-0.05, 0) is 318 Å². The van der Waals surface area contributed by atoms with Gasteiger partial charge in [0.1, 0.15) is 23.0 Å². The van der Waals surface area contributed by atoms with Crippen molar-refractivity contribution in [2.45, 2.75) is 271 Å². The Labute approximate surface area is 762 Å². The number of halogens is 2. The highest BCUT2D eigenvalue weighted by atomic mass is 79.9. The number of anilines is 3. The summed E-state index contributed by atoms with van der Waals surface area (Å²) in [4.78, 5) is 2.62. The van der Waals surface area contributed by atoms with Gasteiger partial charge in [-0.25, -0.2) is 0 Å². The summed E-state index contributed by atoms with van der Waals surface area (Å²) in [6.07, 6.45) is 40.9. The molecule has 0 radical (unpaired) electrons. The van der Waals surface area contributed by atoms with Gasteiger partial charge in [-0.3, -0.25) is 0 Å². The molecular formula is C117H137Br2NO4. The summed E-state index contributed by atoms with van der Waals surface area (Å²) in [7, 11) is 0. The van der Waals surface area contributed by atoms with Gasteiger partial charge in [-0.1, -0.05) is 334 Å². The summed E-state index contributed by atoms with van der Waals surface area (Å²) in [5.74, 6) is 8.20. The van der Waals surface area contributed by atoms with E-state index in [1.807, 2.05) is 0 Å². The first kappa shape index (κ1) is 88.8. The lowest BCUT2D eigenvalue weighted by Gasteiger charge is -2.57. The maximum atomic E-state index is 6.49. The van der Waals surface area contributed by atoms with Crippen LogP contribution in [0.2, 0.25) is 0 Å². The summed E-state index contributed by atoms with van der Waals surface area (Å²) in [6, 6.07) is 88.8. The molecule has 6 aliphatic carbocycles. The molecule has 0 N–H and O–H groups in total. The van der Waals surface area contributed by atoms with Crippen molar-refractivity contribution in [3.8, 4) is 56.4 Å². The fourth-order valence-corrected chi connectivity index (χ4v) is 23.7. The second-order valence-corrected chi connectivity index (χ2v) is 39.5. The lowest BCUT2D eigenvalue weighted by molar-refractivity contribution is -0.0429. The molecule has 4 saturated carbocycles. The van der Waals surface area contributed by atoms with Gasteiger partial charge in [-0.15, -0.1) is 0 Å². The van der Waals surface area contributed by atoms with Crippen LogP contribution in [-0.2, 0) is 17.3 Å². The SMILES string of the molecule is CCCCCCCCOc1ccc(C2(c3ccc(OCCCCCCCC)cc3)c3cc(Br)ccc3-c3ccc(Br)cc32)cc1.CCCCCCCCOc1ccc(C2(c3ccc(OCCCCCCCC)cc3)c3cc(C)ccc3-c3ccc(-c4ccc5c(c4)C(C4C6CC7CC(C6)CC4C7)c4cc(C)ccc4N5c4ccc(CCCC)cc4)cc32)cc1. The number of unbranched alkanes of at least 4 members (excludes halogenated alkanes) is 21. The number of hydrogen-bond donors (Lipinski definition) is 0. The first-order valence-electron chi connectivity index (χ1n) is 48.9. The number of benzene rings is 11. The second-order valence-electron chi connectivity index (χ2n) is 37.7. The summed E-state index contributed by atoms with van der Waals surface area (Å²) in [6.45, 7) is 19.0. The minimum Gasteiger partial charge on any atom is -0.494 e. The molecule has 7 aliphatic rings. The summed E-state index contributed by atoms with van der Waals surface area (Å²) < 4.78 is 27.5.